The van der Waals surface area contributed by atoms with Crippen molar-refractivity contribution in [2.45, 2.75) is 64.0 Å². The van der Waals surface area contributed by atoms with Crippen LogP contribution in [0.4, 0.5) is 0 Å². The third kappa shape index (κ3) is 2.85. The fourth-order valence-electron chi connectivity index (χ4n) is 3.85. The molecule has 2 nitrogen and oxygen atoms in total. The van der Waals surface area contributed by atoms with Crippen molar-refractivity contribution >= 4 is 0 Å². The van der Waals surface area contributed by atoms with Gasteiger partial charge in [0.25, 0.3) is 0 Å². The number of rotatable bonds is 4. The second kappa shape index (κ2) is 5.27. The number of nitrogens with zero attached hydrogens (tertiary/aromatic N) is 1. The van der Waals surface area contributed by atoms with Crippen LogP contribution in [-0.4, -0.2) is 36.6 Å². The minimum absolute atomic E-state index is 0.756. The summed E-state index contributed by atoms with van der Waals surface area (Å²) in [5, 5.41) is 3.75. The van der Waals surface area contributed by atoms with Crippen molar-refractivity contribution in [3.8, 4) is 0 Å². The average Bonchev–Trinajstić information content (AvgIpc) is 3.07. The molecule has 3 fully saturated rings. The Kier molecular flexibility index (Phi) is 3.72. The molecule has 0 aromatic rings. The number of hydrogen-bond donors (Lipinski definition) is 1. The van der Waals surface area contributed by atoms with Crippen LogP contribution >= 0.6 is 0 Å². The molecule has 17 heavy (non-hydrogen) atoms. The lowest BCUT2D eigenvalue weighted by Gasteiger charge is -2.41. The lowest BCUT2D eigenvalue weighted by atomic mass is 10.00. The van der Waals surface area contributed by atoms with E-state index in [1.54, 1.807) is 0 Å². The fourth-order valence-corrected chi connectivity index (χ4v) is 3.85. The van der Waals surface area contributed by atoms with E-state index in [9.17, 15) is 0 Å². The first-order valence-electron chi connectivity index (χ1n) is 7.84. The van der Waals surface area contributed by atoms with Gasteiger partial charge in [0.05, 0.1) is 0 Å². The molecule has 3 aliphatic rings. The zero-order valence-electron chi connectivity index (χ0n) is 11.3. The zero-order valence-corrected chi connectivity index (χ0v) is 11.3. The molecule has 0 aromatic carbocycles. The normalized spacial score (nSPS) is 36.5. The second-order valence-corrected chi connectivity index (χ2v) is 6.52. The van der Waals surface area contributed by atoms with Crippen molar-refractivity contribution in [2.75, 3.05) is 19.6 Å². The van der Waals surface area contributed by atoms with E-state index in [2.05, 4.69) is 17.1 Å². The molecule has 1 heterocycles. The molecule has 1 aliphatic heterocycles. The molecule has 0 amide bonds. The molecular formula is C15H28N2. The Bertz CT molecular complexity index is 243. The average molecular weight is 236 g/mol. The van der Waals surface area contributed by atoms with Gasteiger partial charge in [0, 0.05) is 31.7 Å². The molecule has 0 radical (unpaired) electrons. The molecule has 0 spiro atoms. The molecule has 2 saturated carbocycles. The summed E-state index contributed by atoms with van der Waals surface area (Å²) in [4.78, 5) is 2.86. The molecule has 2 unspecified atom stereocenters. The monoisotopic (exact) mass is 236 g/mol. The Morgan fingerprint density at radius 3 is 2.53 bits per heavy atom. The van der Waals surface area contributed by atoms with Gasteiger partial charge < -0.3 is 5.32 Å². The van der Waals surface area contributed by atoms with Crippen LogP contribution in [0.3, 0.4) is 0 Å². The molecule has 0 aromatic heterocycles. The molecular weight excluding hydrogens is 208 g/mol. The van der Waals surface area contributed by atoms with Crippen molar-refractivity contribution in [3.63, 3.8) is 0 Å². The van der Waals surface area contributed by atoms with Crippen molar-refractivity contribution < 1.29 is 0 Å². The van der Waals surface area contributed by atoms with E-state index >= 15 is 0 Å². The lowest BCUT2D eigenvalue weighted by molar-refractivity contribution is 0.0955. The van der Waals surface area contributed by atoms with Gasteiger partial charge in [-0.25, -0.2) is 0 Å². The number of hydrogen-bond acceptors (Lipinski definition) is 2. The smallest absolute Gasteiger partial charge is 0.0249 e. The third-order valence-electron chi connectivity index (χ3n) is 5.17. The van der Waals surface area contributed by atoms with E-state index < -0.39 is 0 Å². The first kappa shape index (κ1) is 12.0. The molecule has 2 aliphatic carbocycles. The third-order valence-corrected chi connectivity index (χ3v) is 5.17. The Morgan fingerprint density at radius 1 is 1.12 bits per heavy atom. The molecule has 2 heteroatoms. The van der Waals surface area contributed by atoms with Crippen molar-refractivity contribution in [1.29, 1.82) is 0 Å². The summed E-state index contributed by atoms with van der Waals surface area (Å²) in [6.45, 7) is 6.30. The van der Waals surface area contributed by atoms with Gasteiger partial charge in [-0.15, -0.1) is 0 Å². The quantitative estimate of drug-likeness (QED) is 0.807. The highest BCUT2D eigenvalue weighted by Gasteiger charge is 2.39. The largest absolute Gasteiger partial charge is 0.311 e. The van der Waals surface area contributed by atoms with Crippen molar-refractivity contribution in [3.05, 3.63) is 0 Å². The van der Waals surface area contributed by atoms with Gasteiger partial charge in [-0.05, 0) is 43.9 Å². The van der Waals surface area contributed by atoms with Gasteiger partial charge in [0.1, 0.15) is 0 Å². The van der Waals surface area contributed by atoms with Crippen LogP contribution in [0.15, 0.2) is 0 Å². The molecule has 0 bridgehead atoms. The standard InChI is InChI=1S/C15H28N2/c1-2-14-11-17(10-12-5-3-4-6-12)15(9-16-14)13-7-8-13/h12-16H,2-11H2,1H3. The molecule has 98 valence electrons. The maximum absolute atomic E-state index is 3.75. The SMILES string of the molecule is CCC1CN(CC2CCCC2)C(C2CC2)CN1. The minimum Gasteiger partial charge on any atom is -0.311 e. The van der Waals surface area contributed by atoms with Crippen molar-refractivity contribution in [2.24, 2.45) is 11.8 Å². The lowest BCUT2D eigenvalue weighted by Crippen LogP contribution is -2.57. The van der Waals surface area contributed by atoms with E-state index in [1.807, 2.05) is 0 Å². The van der Waals surface area contributed by atoms with E-state index in [0.29, 0.717) is 0 Å². The maximum atomic E-state index is 3.75. The summed E-state index contributed by atoms with van der Waals surface area (Å²) in [6.07, 6.45) is 10.2. The Labute approximate surface area is 106 Å². The van der Waals surface area contributed by atoms with Crippen LogP contribution in [0.25, 0.3) is 0 Å². The minimum atomic E-state index is 0.756. The summed E-state index contributed by atoms with van der Waals surface area (Å²) in [6, 6.07) is 1.63. The highest BCUT2D eigenvalue weighted by molar-refractivity contribution is 4.95. The van der Waals surface area contributed by atoms with Gasteiger partial charge in [-0.3, -0.25) is 4.90 Å². The first-order chi connectivity index (χ1) is 8.36. The topological polar surface area (TPSA) is 15.3 Å². The van der Waals surface area contributed by atoms with Crippen LogP contribution in [-0.2, 0) is 0 Å². The Balaban J connectivity index is 1.59. The number of piperazine rings is 1. The first-order valence-corrected chi connectivity index (χ1v) is 7.84. The maximum Gasteiger partial charge on any atom is 0.0249 e. The summed E-state index contributed by atoms with van der Waals surface area (Å²) >= 11 is 0. The van der Waals surface area contributed by atoms with Crippen molar-refractivity contribution in [1.82, 2.24) is 10.2 Å². The summed E-state index contributed by atoms with van der Waals surface area (Å²) < 4.78 is 0. The van der Waals surface area contributed by atoms with Crippen LogP contribution in [0.1, 0.15) is 51.9 Å². The van der Waals surface area contributed by atoms with Gasteiger partial charge >= 0.3 is 0 Å². The second-order valence-electron chi connectivity index (χ2n) is 6.52. The van der Waals surface area contributed by atoms with Crippen LogP contribution < -0.4 is 5.32 Å². The highest BCUT2D eigenvalue weighted by atomic mass is 15.2. The van der Waals surface area contributed by atoms with Crippen LogP contribution in [0.2, 0.25) is 0 Å². The summed E-state index contributed by atoms with van der Waals surface area (Å²) in [5.41, 5.74) is 0. The van der Waals surface area contributed by atoms with Crippen LogP contribution in [0, 0.1) is 11.8 Å². The van der Waals surface area contributed by atoms with E-state index in [4.69, 9.17) is 0 Å². The predicted molar refractivity (Wildman–Crippen MR) is 72.1 cm³/mol. The van der Waals surface area contributed by atoms with Gasteiger partial charge in [-0.2, -0.15) is 0 Å². The summed E-state index contributed by atoms with van der Waals surface area (Å²) in [5.74, 6) is 2.05. The van der Waals surface area contributed by atoms with Gasteiger partial charge in [0.15, 0.2) is 0 Å². The molecule has 1 saturated heterocycles. The molecule has 1 N–H and O–H groups in total. The zero-order chi connectivity index (χ0) is 11.7. The van der Waals surface area contributed by atoms with E-state index in [-0.39, 0.29) is 0 Å². The summed E-state index contributed by atoms with van der Waals surface area (Å²) in [7, 11) is 0. The Hall–Kier alpha value is -0.0800. The van der Waals surface area contributed by atoms with E-state index in [0.717, 1.165) is 23.9 Å². The molecule has 2 atom stereocenters. The van der Waals surface area contributed by atoms with Gasteiger partial charge in [-0.1, -0.05) is 19.8 Å². The van der Waals surface area contributed by atoms with E-state index in [1.165, 1.54) is 64.6 Å². The molecule has 3 rings (SSSR count). The van der Waals surface area contributed by atoms with Gasteiger partial charge in [0.2, 0.25) is 0 Å². The van der Waals surface area contributed by atoms with Crippen LogP contribution in [0.5, 0.6) is 0 Å². The number of nitrogens with one attached hydrogen (secondary N) is 1. The Morgan fingerprint density at radius 2 is 1.88 bits per heavy atom. The highest BCUT2D eigenvalue weighted by Crippen LogP contribution is 2.37. The predicted octanol–water partition coefficient (Wildman–Crippen LogP) is 2.64. The fraction of sp³-hybridized carbons (Fsp3) is 1.00.